The van der Waals surface area contributed by atoms with Crippen molar-refractivity contribution < 1.29 is 32.3 Å². The van der Waals surface area contributed by atoms with Crippen LogP contribution >= 0.6 is 0 Å². The molecule has 48 heavy (non-hydrogen) atoms. The van der Waals surface area contributed by atoms with Gasteiger partial charge in [-0.3, -0.25) is 14.4 Å². The normalized spacial score (nSPS) is 11.6. The third-order valence-corrected chi connectivity index (χ3v) is 8.11. The molecule has 1 heterocycles. The first-order valence-corrected chi connectivity index (χ1v) is 15.2. The lowest BCUT2D eigenvalue weighted by molar-refractivity contribution is -0.136. The van der Waals surface area contributed by atoms with Crippen LogP contribution in [0.15, 0.2) is 91.0 Å². The zero-order valence-electron chi connectivity index (χ0n) is 26.7. The smallest absolute Gasteiger partial charge is 0.249 e. The molecule has 11 heteroatoms. The Morgan fingerprint density at radius 1 is 0.854 bits per heavy atom. The SMILES string of the molecule is COc1ccc(N(C)C(=O)[C@H](Cc2cc(F)cc(F)c2)NC(=O)CN(Cc2ccc(F)cc2)C(=O)Cc2c(C)[nH]c3ccccc23)cc1. The van der Waals surface area contributed by atoms with E-state index in [0.29, 0.717) is 17.0 Å². The minimum Gasteiger partial charge on any atom is -0.497 e. The minimum absolute atomic E-state index is 0.00654. The van der Waals surface area contributed by atoms with Crippen molar-refractivity contribution in [1.29, 1.82) is 0 Å². The lowest BCUT2D eigenvalue weighted by Crippen LogP contribution is -2.51. The van der Waals surface area contributed by atoms with Crippen molar-refractivity contribution in [2.45, 2.75) is 32.4 Å². The van der Waals surface area contributed by atoms with E-state index in [1.165, 1.54) is 48.2 Å². The fourth-order valence-electron chi connectivity index (χ4n) is 5.61. The molecule has 0 spiro atoms. The zero-order chi connectivity index (χ0) is 34.4. The average Bonchev–Trinajstić information content (AvgIpc) is 3.38. The number of carbonyl (C=O) groups is 3. The molecule has 0 aliphatic carbocycles. The molecule has 0 aliphatic rings. The number of halogens is 3. The number of amides is 3. The maximum atomic E-state index is 14.1. The molecule has 8 nitrogen and oxygen atoms in total. The number of hydrogen-bond donors (Lipinski definition) is 2. The number of rotatable bonds is 12. The second kappa shape index (κ2) is 14.9. The van der Waals surface area contributed by atoms with E-state index in [2.05, 4.69) is 10.3 Å². The van der Waals surface area contributed by atoms with Crippen LogP contribution in [-0.4, -0.2) is 54.3 Å². The monoisotopic (exact) mass is 656 g/mol. The number of para-hydroxylation sites is 1. The largest absolute Gasteiger partial charge is 0.497 e. The highest BCUT2D eigenvalue weighted by molar-refractivity contribution is 5.99. The molecule has 5 aromatic rings. The number of aryl methyl sites for hydroxylation is 1. The number of H-pyrrole nitrogens is 1. The number of aromatic amines is 1. The molecular weight excluding hydrogens is 621 g/mol. The second-order valence-electron chi connectivity index (χ2n) is 11.5. The molecule has 0 aliphatic heterocycles. The summed E-state index contributed by atoms with van der Waals surface area (Å²) in [7, 11) is 3.03. The summed E-state index contributed by atoms with van der Waals surface area (Å²) in [5, 5.41) is 3.58. The van der Waals surface area contributed by atoms with Crippen LogP contribution in [0.25, 0.3) is 10.9 Å². The highest BCUT2D eigenvalue weighted by Crippen LogP contribution is 2.24. The van der Waals surface area contributed by atoms with Gasteiger partial charge >= 0.3 is 0 Å². The molecule has 0 unspecified atom stereocenters. The predicted molar refractivity (Wildman–Crippen MR) is 177 cm³/mol. The van der Waals surface area contributed by atoms with E-state index in [0.717, 1.165) is 40.4 Å². The summed E-state index contributed by atoms with van der Waals surface area (Å²) < 4.78 is 47.1. The number of anilines is 1. The number of carbonyl (C=O) groups excluding carboxylic acids is 3. The molecule has 4 aromatic carbocycles. The average molecular weight is 657 g/mol. The van der Waals surface area contributed by atoms with Crippen LogP contribution in [-0.2, 0) is 33.8 Å². The maximum Gasteiger partial charge on any atom is 0.249 e. The van der Waals surface area contributed by atoms with Gasteiger partial charge in [0.2, 0.25) is 17.7 Å². The molecule has 5 rings (SSSR count). The molecule has 0 radical (unpaired) electrons. The van der Waals surface area contributed by atoms with Crippen molar-refractivity contribution in [3.05, 3.63) is 131 Å². The number of aromatic nitrogens is 1. The van der Waals surface area contributed by atoms with Crippen LogP contribution in [0.4, 0.5) is 18.9 Å². The van der Waals surface area contributed by atoms with Crippen LogP contribution < -0.4 is 15.0 Å². The third kappa shape index (κ3) is 8.22. The first kappa shape index (κ1) is 33.8. The van der Waals surface area contributed by atoms with Gasteiger partial charge in [0.25, 0.3) is 0 Å². The van der Waals surface area contributed by atoms with Crippen LogP contribution in [0.5, 0.6) is 5.75 Å². The van der Waals surface area contributed by atoms with Crippen LogP contribution in [0.3, 0.4) is 0 Å². The lowest BCUT2D eigenvalue weighted by atomic mass is 10.0. The predicted octanol–water partition coefficient (Wildman–Crippen LogP) is 5.86. The van der Waals surface area contributed by atoms with Crippen molar-refractivity contribution in [1.82, 2.24) is 15.2 Å². The molecule has 2 N–H and O–H groups in total. The van der Waals surface area contributed by atoms with Gasteiger partial charge in [0.1, 0.15) is 29.2 Å². The number of nitrogens with one attached hydrogen (secondary N) is 2. The highest BCUT2D eigenvalue weighted by atomic mass is 19.1. The number of likely N-dealkylation sites (N-methyl/N-ethyl adjacent to an activating group) is 1. The Morgan fingerprint density at radius 2 is 1.52 bits per heavy atom. The molecule has 248 valence electrons. The number of benzene rings is 4. The summed E-state index contributed by atoms with van der Waals surface area (Å²) in [5.41, 5.74) is 3.70. The standard InChI is InChI=1S/C37H35F3N4O4/c1-23-32(31-6-4-5-7-33(31)41-23)20-36(46)44(21-24-8-10-26(38)11-9-24)22-35(45)42-34(18-25-16-27(39)19-28(40)17-25)37(47)43(2)29-12-14-30(48-3)15-13-29/h4-17,19,34,41H,18,20-22H2,1-3H3,(H,42,45)/t34-/m0/s1. The first-order chi connectivity index (χ1) is 23.0. The molecule has 1 atom stereocenters. The number of fused-ring (bicyclic) bond motifs is 1. The van der Waals surface area contributed by atoms with Gasteiger partial charge in [-0.25, -0.2) is 13.2 Å². The van der Waals surface area contributed by atoms with Gasteiger partial charge in [-0.1, -0.05) is 30.3 Å². The molecule has 0 saturated heterocycles. The third-order valence-electron chi connectivity index (χ3n) is 8.11. The van der Waals surface area contributed by atoms with E-state index < -0.39 is 41.9 Å². The Kier molecular flexibility index (Phi) is 10.5. The van der Waals surface area contributed by atoms with Crippen molar-refractivity contribution in [3.8, 4) is 5.75 Å². The van der Waals surface area contributed by atoms with Gasteiger partial charge in [-0.05, 0) is 78.2 Å². The zero-order valence-corrected chi connectivity index (χ0v) is 26.7. The van der Waals surface area contributed by atoms with Crippen LogP contribution in [0.2, 0.25) is 0 Å². The number of nitrogens with zero attached hydrogens (tertiary/aromatic N) is 2. The van der Waals surface area contributed by atoms with E-state index in [-0.39, 0.29) is 30.9 Å². The van der Waals surface area contributed by atoms with Gasteiger partial charge in [0.05, 0.1) is 20.1 Å². The van der Waals surface area contributed by atoms with Crippen molar-refractivity contribution in [2.75, 3.05) is 25.6 Å². The molecule has 3 amide bonds. The van der Waals surface area contributed by atoms with Gasteiger partial charge < -0.3 is 24.8 Å². The molecule has 0 saturated carbocycles. The number of hydrogen-bond acceptors (Lipinski definition) is 4. The quantitative estimate of drug-likeness (QED) is 0.176. The van der Waals surface area contributed by atoms with E-state index in [4.69, 9.17) is 4.74 Å². The fourth-order valence-corrected chi connectivity index (χ4v) is 5.61. The Labute approximate surface area is 276 Å². The van der Waals surface area contributed by atoms with Gasteiger partial charge in [-0.15, -0.1) is 0 Å². The summed E-state index contributed by atoms with van der Waals surface area (Å²) in [6.45, 7) is 1.42. The molecule has 1 aromatic heterocycles. The van der Waals surface area contributed by atoms with Gasteiger partial charge in [0.15, 0.2) is 0 Å². The molecule has 0 fully saturated rings. The summed E-state index contributed by atoms with van der Waals surface area (Å²) in [6.07, 6.45) is -0.240. The van der Waals surface area contributed by atoms with E-state index >= 15 is 0 Å². The first-order valence-electron chi connectivity index (χ1n) is 15.2. The number of methoxy groups -OCH3 is 1. The van der Waals surface area contributed by atoms with Gasteiger partial charge in [-0.2, -0.15) is 0 Å². The van der Waals surface area contributed by atoms with Crippen LogP contribution in [0.1, 0.15) is 22.4 Å². The van der Waals surface area contributed by atoms with Crippen LogP contribution in [0, 0.1) is 24.4 Å². The minimum atomic E-state index is -1.25. The summed E-state index contributed by atoms with van der Waals surface area (Å²) in [4.78, 5) is 47.2. The fraction of sp³-hybridized carbons (Fsp3) is 0.216. The van der Waals surface area contributed by atoms with E-state index in [9.17, 15) is 27.6 Å². The topological polar surface area (TPSA) is 94.7 Å². The Morgan fingerprint density at radius 3 is 2.19 bits per heavy atom. The summed E-state index contributed by atoms with van der Waals surface area (Å²) in [5.74, 6) is -3.10. The summed E-state index contributed by atoms with van der Waals surface area (Å²) in [6, 6.07) is 21.5. The molecular formula is C37H35F3N4O4. The maximum absolute atomic E-state index is 14.1. The highest BCUT2D eigenvalue weighted by Gasteiger charge is 2.28. The van der Waals surface area contributed by atoms with Gasteiger partial charge in [0, 0.05) is 48.4 Å². The van der Waals surface area contributed by atoms with E-state index in [1.807, 2.05) is 31.2 Å². The Bertz CT molecular complexity index is 1910. The summed E-state index contributed by atoms with van der Waals surface area (Å²) >= 11 is 0. The lowest BCUT2D eigenvalue weighted by Gasteiger charge is -2.27. The van der Waals surface area contributed by atoms with Crippen molar-refractivity contribution in [3.63, 3.8) is 0 Å². The van der Waals surface area contributed by atoms with E-state index in [1.54, 1.807) is 24.3 Å². The number of ether oxygens (including phenoxy) is 1. The van der Waals surface area contributed by atoms with Crippen molar-refractivity contribution in [2.24, 2.45) is 0 Å². The second-order valence-corrected chi connectivity index (χ2v) is 11.5. The Balaban J connectivity index is 1.40. The van der Waals surface area contributed by atoms with Crippen molar-refractivity contribution >= 4 is 34.3 Å². The Hall–Kier alpha value is -5.58. The molecule has 0 bridgehead atoms.